The summed E-state index contributed by atoms with van der Waals surface area (Å²) in [5.74, 6) is 0. The zero-order valence-electron chi connectivity index (χ0n) is 9.14. The molecule has 1 heterocycles. The van der Waals surface area contributed by atoms with Crippen LogP contribution in [0.5, 0.6) is 0 Å². The second-order valence-corrected chi connectivity index (χ2v) is 4.01. The second-order valence-electron chi connectivity index (χ2n) is 4.01. The molecule has 0 saturated carbocycles. The third-order valence-electron chi connectivity index (χ3n) is 2.95. The van der Waals surface area contributed by atoms with E-state index < -0.39 is 0 Å². The fourth-order valence-electron chi connectivity index (χ4n) is 2.08. The Bertz CT molecular complexity index is 653. The Balaban J connectivity index is 2.33. The van der Waals surface area contributed by atoms with Gasteiger partial charge in [0.25, 0.3) is 0 Å². The van der Waals surface area contributed by atoms with Crippen LogP contribution in [0, 0.1) is 6.92 Å². The van der Waals surface area contributed by atoms with Crippen LogP contribution < -0.4 is 15.8 Å². The quantitative estimate of drug-likeness (QED) is 0.671. The standard InChI is InChI=1S/C15H12N/c1-11-6-2-4-8-13(11)15-14-9-5-3-7-12(14)10-16-15/h2-10H,1H3. The molecule has 0 fully saturated rings. The summed E-state index contributed by atoms with van der Waals surface area (Å²) in [6.45, 7) is 2.12. The van der Waals surface area contributed by atoms with Crippen molar-refractivity contribution in [3.8, 4) is 0 Å². The maximum Gasteiger partial charge on any atom is 0.0783 e. The van der Waals surface area contributed by atoms with Crippen LogP contribution >= 0.6 is 0 Å². The Kier molecular flexibility index (Phi) is 2.03. The third-order valence-corrected chi connectivity index (χ3v) is 2.95. The minimum Gasteiger partial charge on any atom is -0.255 e. The molecule has 1 nitrogen and oxygen atoms in total. The Morgan fingerprint density at radius 3 is 2.50 bits per heavy atom. The molecule has 2 aromatic rings. The van der Waals surface area contributed by atoms with Crippen LogP contribution in [-0.2, 0) is 0 Å². The number of hydrogen-bond acceptors (Lipinski definition) is 0. The molecule has 16 heavy (non-hydrogen) atoms. The van der Waals surface area contributed by atoms with Crippen molar-refractivity contribution >= 4 is 11.9 Å². The maximum atomic E-state index is 4.53. The van der Waals surface area contributed by atoms with Gasteiger partial charge >= 0.3 is 0 Å². The topological polar surface area (TPSA) is 14.1 Å². The highest BCUT2D eigenvalue weighted by Gasteiger charge is 2.09. The van der Waals surface area contributed by atoms with E-state index >= 15 is 0 Å². The van der Waals surface area contributed by atoms with Gasteiger partial charge in [-0.25, -0.2) is 0 Å². The third kappa shape index (κ3) is 1.33. The molecule has 0 bridgehead atoms. The fraction of sp³-hybridized carbons (Fsp3) is 0.0667. The smallest absolute Gasteiger partial charge is 0.0783 e. The van der Waals surface area contributed by atoms with Crippen LogP contribution in [0.3, 0.4) is 0 Å². The number of hydrogen-bond donors (Lipinski definition) is 0. The SMILES string of the molecule is Cc1ccccc1C1=c2ccccc2=C[N]1. The Morgan fingerprint density at radius 2 is 1.62 bits per heavy atom. The van der Waals surface area contributed by atoms with Crippen molar-refractivity contribution in [2.75, 3.05) is 0 Å². The summed E-state index contributed by atoms with van der Waals surface area (Å²) in [6.07, 6.45) is 1.94. The molecule has 0 amide bonds. The number of aryl methyl sites for hydroxylation is 1. The van der Waals surface area contributed by atoms with Crippen LogP contribution in [0.2, 0.25) is 0 Å². The summed E-state index contributed by atoms with van der Waals surface area (Å²) in [4.78, 5) is 0. The number of nitrogens with zero attached hydrogens (tertiary/aromatic N) is 1. The monoisotopic (exact) mass is 206 g/mol. The van der Waals surface area contributed by atoms with E-state index in [2.05, 4.69) is 54.7 Å². The van der Waals surface area contributed by atoms with Gasteiger partial charge in [-0.05, 0) is 12.5 Å². The van der Waals surface area contributed by atoms with E-state index in [1.807, 2.05) is 12.3 Å². The van der Waals surface area contributed by atoms with E-state index in [4.69, 9.17) is 0 Å². The molecular weight excluding hydrogens is 194 g/mol. The average molecular weight is 206 g/mol. The normalized spacial score (nSPS) is 12.9. The van der Waals surface area contributed by atoms with Gasteiger partial charge in [0.1, 0.15) is 0 Å². The van der Waals surface area contributed by atoms with Gasteiger partial charge in [-0.3, -0.25) is 5.32 Å². The molecule has 0 aromatic heterocycles. The molecule has 0 aliphatic carbocycles. The fourth-order valence-corrected chi connectivity index (χ4v) is 2.08. The number of benzene rings is 2. The van der Waals surface area contributed by atoms with Gasteiger partial charge in [-0.1, -0.05) is 48.5 Å². The van der Waals surface area contributed by atoms with Crippen molar-refractivity contribution in [1.29, 1.82) is 0 Å². The van der Waals surface area contributed by atoms with Crippen molar-refractivity contribution in [3.05, 3.63) is 70.1 Å². The summed E-state index contributed by atoms with van der Waals surface area (Å²) in [5, 5.41) is 6.97. The van der Waals surface area contributed by atoms with Crippen LogP contribution in [-0.4, -0.2) is 0 Å². The van der Waals surface area contributed by atoms with Crippen molar-refractivity contribution in [2.24, 2.45) is 0 Å². The van der Waals surface area contributed by atoms with Gasteiger partial charge in [0.05, 0.1) is 5.70 Å². The van der Waals surface area contributed by atoms with Crippen LogP contribution in [0.25, 0.3) is 11.9 Å². The molecule has 0 atom stereocenters. The molecule has 1 radical (unpaired) electrons. The van der Waals surface area contributed by atoms with Crippen LogP contribution in [0.4, 0.5) is 0 Å². The van der Waals surface area contributed by atoms with E-state index in [9.17, 15) is 0 Å². The summed E-state index contributed by atoms with van der Waals surface area (Å²) in [6, 6.07) is 16.7. The predicted octanol–water partition coefficient (Wildman–Crippen LogP) is 1.51. The largest absolute Gasteiger partial charge is 0.255 e. The van der Waals surface area contributed by atoms with E-state index in [-0.39, 0.29) is 0 Å². The molecule has 1 aliphatic rings. The lowest BCUT2D eigenvalue weighted by atomic mass is 10.0. The molecule has 1 heteroatoms. The molecule has 2 aromatic carbocycles. The maximum absolute atomic E-state index is 4.53. The van der Waals surface area contributed by atoms with Crippen LogP contribution in [0.1, 0.15) is 11.1 Å². The van der Waals surface area contributed by atoms with Gasteiger partial charge < -0.3 is 0 Å². The average Bonchev–Trinajstić information content (AvgIpc) is 2.74. The second kappa shape index (κ2) is 3.53. The first kappa shape index (κ1) is 9.22. The molecule has 0 N–H and O–H groups in total. The first-order valence-corrected chi connectivity index (χ1v) is 5.43. The zero-order chi connectivity index (χ0) is 11.0. The van der Waals surface area contributed by atoms with Gasteiger partial charge in [0.15, 0.2) is 0 Å². The lowest BCUT2D eigenvalue weighted by Crippen LogP contribution is -2.22. The number of rotatable bonds is 1. The minimum absolute atomic E-state index is 1.09. The highest BCUT2D eigenvalue weighted by molar-refractivity contribution is 5.71. The molecular formula is C15H12N. The molecule has 3 rings (SSSR count). The van der Waals surface area contributed by atoms with E-state index in [0.29, 0.717) is 0 Å². The molecule has 77 valence electrons. The molecule has 0 unspecified atom stereocenters. The van der Waals surface area contributed by atoms with Crippen LogP contribution in [0.15, 0.2) is 48.5 Å². The van der Waals surface area contributed by atoms with Crippen molar-refractivity contribution in [3.63, 3.8) is 0 Å². The Labute approximate surface area is 94.7 Å². The van der Waals surface area contributed by atoms with E-state index in [1.54, 1.807) is 0 Å². The number of fused-ring (bicyclic) bond motifs is 1. The van der Waals surface area contributed by atoms with E-state index in [1.165, 1.54) is 21.6 Å². The van der Waals surface area contributed by atoms with Gasteiger partial charge in [0, 0.05) is 22.2 Å². The van der Waals surface area contributed by atoms with Gasteiger partial charge in [-0.15, -0.1) is 0 Å². The van der Waals surface area contributed by atoms with E-state index in [0.717, 1.165) is 5.70 Å². The summed E-state index contributed by atoms with van der Waals surface area (Å²) in [5.41, 5.74) is 3.59. The van der Waals surface area contributed by atoms with Crippen molar-refractivity contribution < 1.29 is 0 Å². The summed E-state index contributed by atoms with van der Waals surface area (Å²) >= 11 is 0. The Hall–Kier alpha value is -2.02. The molecule has 1 aliphatic heterocycles. The first-order valence-electron chi connectivity index (χ1n) is 5.43. The van der Waals surface area contributed by atoms with Gasteiger partial charge in [-0.2, -0.15) is 0 Å². The van der Waals surface area contributed by atoms with Crippen molar-refractivity contribution in [1.82, 2.24) is 5.32 Å². The first-order chi connectivity index (χ1) is 7.86. The lowest BCUT2D eigenvalue weighted by molar-refractivity contribution is 1.26. The highest BCUT2D eigenvalue weighted by Crippen LogP contribution is 2.15. The highest BCUT2D eigenvalue weighted by atomic mass is 14.9. The summed E-state index contributed by atoms with van der Waals surface area (Å²) in [7, 11) is 0. The Morgan fingerprint density at radius 1 is 0.875 bits per heavy atom. The van der Waals surface area contributed by atoms with Gasteiger partial charge in [0.2, 0.25) is 0 Å². The zero-order valence-corrected chi connectivity index (χ0v) is 9.14. The van der Waals surface area contributed by atoms with Crippen molar-refractivity contribution in [2.45, 2.75) is 6.92 Å². The molecule has 0 saturated heterocycles. The lowest BCUT2D eigenvalue weighted by Gasteiger charge is -2.05. The predicted molar refractivity (Wildman–Crippen MR) is 66.0 cm³/mol. The summed E-state index contributed by atoms with van der Waals surface area (Å²) < 4.78 is 0. The molecule has 0 spiro atoms. The minimum atomic E-state index is 1.09.